The minimum Gasteiger partial charge on any atom is -0.366 e. The number of hydrogen-bond acceptors (Lipinski definition) is 2. The fraction of sp³-hybridized carbons (Fsp3) is 0.471. The number of aliphatic imine (C=N–C) groups is 1. The molecule has 0 heterocycles. The summed E-state index contributed by atoms with van der Waals surface area (Å²) >= 11 is 1.87. The average molecular weight is 290 g/mol. The van der Waals surface area contributed by atoms with Crippen LogP contribution in [0.4, 0.5) is 5.69 Å². The van der Waals surface area contributed by atoms with Gasteiger partial charge in [0.25, 0.3) is 0 Å². The van der Waals surface area contributed by atoms with Crippen molar-refractivity contribution in [3.63, 3.8) is 0 Å². The van der Waals surface area contributed by atoms with Crippen LogP contribution in [0, 0.1) is 13.8 Å². The highest BCUT2D eigenvalue weighted by Gasteiger charge is 2.04. The fourth-order valence-electron chi connectivity index (χ4n) is 1.84. The van der Waals surface area contributed by atoms with E-state index in [4.69, 9.17) is 0 Å². The van der Waals surface area contributed by atoms with E-state index in [9.17, 15) is 0 Å². The Labute approximate surface area is 128 Å². The summed E-state index contributed by atoms with van der Waals surface area (Å²) in [5.41, 5.74) is 5.10. The van der Waals surface area contributed by atoms with Crippen LogP contribution in [0.2, 0.25) is 0 Å². The van der Waals surface area contributed by atoms with Crippen LogP contribution in [0.25, 0.3) is 0 Å². The lowest BCUT2D eigenvalue weighted by Gasteiger charge is -2.11. The summed E-state index contributed by atoms with van der Waals surface area (Å²) in [6.07, 6.45) is 5.11. The smallest absolute Gasteiger partial charge is 0.0909 e. The summed E-state index contributed by atoms with van der Waals surface area (Å²) in [6.45, 7) is 9.47. The van der Waals surface area contributed by atoms with Gasteiger partial charge in [0, 0.05) is 19.3 Å². The first-order valence-electron chi connectivity index (χ1n) is 7.15. The van der Waals surface area contributed by atoms with Gasteiger partial charge in [0.2, 0.25) is 0 Å². The Bertz CT molecular complexity index is 478. The number of thioether (sulfide) groups is 1. The molecule has 0 aromatic heterocycles. The highest BCUT2D eigenvalue weighted by molar-refractivity contribution is 8.02. The number of benzene rings is 1. The molecule has 2 nitrogen and oxygen atoms in total. The van der Waals surface area contributed by atoms with E-state index < -0.39 is 0 Å². The van der Waals surface area contributed by atoms with Crippen molar-refractivity contribution in [1.82, 2.24) is 4.90 Å². The molecular weight excluding hydrogens is 264 g/mol. The molecule has 0 aliphatic rings. The summed E-state index contributed by atoms with van der Waals surface area (Å²) in [4.78, 5) is 6.65. The van der Waals surface area contributed by atoms with Crippen LogP contribution in [-0.4, -0.2) is 30.6 Å². The molecule has 0 saturated carbocycles. The van der Waals surface area contributed by atoms with Crippen LogP contribution in [-0.2, 0) is 6.42 Å². The molecule has 1 aromatic rings. The van der Waals surface area contributed by atoms with Gasteiger partial charge >= 0.3 is 0 Å². The molecular formula is C17H26N2S. The molecule has 0 aliphatic heterocycles. The van der Waals surface area contributed by atoms with E-state index in [1.807, 2.05) is 25.1 Å². The molecule has 0 bridgehead atoms. The van der Waals surface area contributed by atoms with E-state index in [0.29, 0.717) is 0 Å². The van der Waals surface area contributed by atoms with Gasteiger partial charge < -0.3 is 4.90 Å². The van der Waals surface area contributed by atoms with Crippen molar-refractivity contribution in [3.05, 3.63) is 40.3 Å². The van der Waals surface area contributed by atoms with Crippen LogP contribution in [0.5, 0.6) is 0 Å². The Morgan fingerprint density at radius 3 is 2.65 bits per heavy atom. The number of aryl methyl sites for hydroxylation is 3. The van der Waals surface area contributed by atoms with Crippen LogP contribution < -0.4 is 0 Å². The third kappa shape index (κ3) is 5.41. The molecule has 1 rings (SSSR count). The zero-order chi connectivity index (χ0) is 15.0. The molecule has 0 spiro atoms. The monoisotopic (exact) mass is 290 g/mol. The molecule has 1 aromatic carbocycles. The van der Waals surface area contributed by atoms with Crippen molar-refractivity contribution in [1.29, 1.82) is 0 Å². The first-order valence-corrected chi connectivity index (χ1v) is 8.20. The van der Waals surface area contributed by atoms with E-state index >= 15 is 0 Å². The Morgan fingerprint density at radius 2 is 2.00 bits per heavy atom. The average Bonchev–Trinajstić information content (AvgIpc) is 2.44. The number of rotatable bonds is 7. The molecule has 3 heteroatoms. The molecule has 0 radical (unpaired) electrons. The zero-order valence-electron chi connectivity index (χ0n) is 13.3. The van der Waals surface area contributed by atoms with Crippen molar-refractivity contribution in [3.8, 4) is 0 Å². The second-order valence-electron chi connectivity index (χ2n) is 4.97. The van der Waals surface area contributed by atoms with Gasteiger partial charge in [-0.2, -0.15) is 0 Å². The molecule has 0 amide bonds. The summed E-state index contributed by atoms with van der Waals surface area (Å²) in [5.74, 6) is 1.13. The summed E-state index contributed by atoms with van der Waals surface area (Å²) in [7, 11) is 2.04. The Kier molecular flexibility index (Phi) is 7.45. The van der Waals surface area contributed by atoms with Crippen molar-refractivity contribution >= 4 is 23.8 Å². The third-order valence-electron chi connectivity index (χ3n) is 3.27. The van der Waals surface area contributed by atoms with E-state index in [1.54, 1.807) is 0 Å². The quantitative estimate of drug-likeness (QED) is 0.410. The predicted octanol–water partition coefficient (Wildman–Crippen LogP) is 4.72. The topological polar surface area (TPSA) is 15.6 Å². The van der Waals surface area contributed by atoms with E-state index in [2.05, 4.69) is 61.2 Å². The highest BCUT2D eigenvalue weighted by Crippen LogP contribution is 2.24. The largest absolute Gasteiger partial charge is 0.366 e. The molecule has 0 N–H and O–H groups in total. The van der Waals surface area contributed by atoms with Gasteiger partial charge in [-0.05, 0) is 62.3 Å². The minimum absolute atomic E-state index is 0.974. The molecule has 0 aliphatic carbocycles. The molecule has 0 fully saturated rings. The predicted molar refractivity (Wildman–Crippen MR) is 93.3 cm³/mol. The maximum atomic E-state index is 4.57. The first kappa shape index (κ1) is 16.8. The summed E-state index contributed by atoms with van der Waals surface area (Å²) < 4.78 is 0. The SMILES string of the molecule is C/C=C\SCCc1cc(C)c(N=CN(C)CC)cc1C. The number of allylic oxidation sites excluding steroid dienone is 1. The van der Waals surface area contributed by atoms with Gasteiger partial charge in [-0.25, -0.2) is 4.99 Å². The lowest BCUT2D eigenvalue weighted by Crippen LogP contribution is -2.14. The van der Waals surface area contributed by atoms with Crippen molar-refractivity contribution in [2.75, 3.05) is 19.3 Å². The van der Waals surface area contributed by atoms with Crippen LogP contribution >= 0.6 is 11.8 Å². The van der Waals surface area contributed by atoms with Crippen molar-refractivity contribution < 1.29 is 0 Å². The van der Waals surface area contributed by atoms with Crippen LogP contribution in [0.3, 0.4) is 0 Å². The molecule has 20 heavy (non-hydrogen) atoms. The van der Waals surface area contributed by atoms with E-state index in [1.165, 1.54) is 16.7 Å². The van der Waals surface area contributed by atoms with E-state index in [0.717, 1.165) is 24.4 Å². The molecule has 0 atom stereocenters. The maximum Gasteiger partial charge on any atom is 0.0909 e. The Balaban J connectivity index is 2.78. The van der Waals surface area contributed by atoms with Gasteiger partial charge in [0.15, 0.2) is 0 Å². The third-order valence-corrected chi connectivity index (χ3v) is 4.17. The second kappa shape index (κ2) is 8.85. The number of nitrogens with zero attached hydrogens (tertiary/aromatic N) is 2. The van der Waals surface area contributed by atoms with E-state index in [-0.39, 0.29) is 0 Å². The minimum atomic E-state index is 0.974. The number of hydrogen-bond donors (Lipinski definition) is 0. The lowest BCUT2D eigenvalue weighted by atomic mass is 10.0. The molecule has 110 valence electrons. The van der Waals surface area contributed by atoms with Gasteiger partial charge in [-0.1, -0.05) is 12.1 Å². The summed E-state index contributed by atoms with van der Waals surface area (Å²) in [6, 6.07) is 4.48. The van der Waals surface area contributed by atoms with Crippen molar-refractivity contribution in [2.45, 2.75) is 34.1 Å². The Hall–Kier alpha value is -1.22. The fourth-order valence-corrected chi connectivity index (χ4v) is 2.51. The Morgan fingerprint density at radius 1 is 1.25 bits per heavy atom. The maximum absolute atomic E-state index is 4.57. The van der Waals surface area contributed by atoms with Gasteiger partial charge in [0.1, 0.15) is 0 Å². The van der Waals surface area contributed by atoms with Gasteiger partial charge in [0.05, 0.1) is 12.0 Å². The standard InChI is InChI=1S/C17H26N2S/c1-6-9-20-10-8-16-11-15(4)17(12-14(16)3)18-13-19(5)7-2/h6,9,11-13H,7-8,10H2,1-5H3/b9-6-,18-13?. The molecule has 0 saturated heterocycles. The van der Waals surface area contributed by atoms with Crippen molar-refractivity contribution in [2.24, 2.45) is 4.99 Å². The lowest BCUT2D eigenvalue weighted by molar-refractivity contribution is 0.552. The first-order chi connectivity index (χ1) is 9.58. The summed E-state index contributed by atoms with van der Waals surface area (Å²) in [5, 5.41) is 2.15. The zero-order valence-corrected chi connectivity index (χ0v) is 14.1. The highest BCUT2D eigenvalue weighted by atomic mass is 32.2. The van der Waals surface area contributed by atoms with Gasteiger partial charge in [-0.3, -0.25) is 0 Å². The molecule has 0 unspecified atom stereocenters. The van der Waals surface area contributed by atoms with Crippen LogP contribution in [0.15, 0.2) is 28.6 Å². The normalized spacial score (nSPS) is 11.7. The second-order valence-corrected chi connectivity index (χ2v) is 5.99. The van der Waals surface area contributed by atoms with Crippen LogP contribution in [0.1, 0.15) is 30.5 Å². The van der Waals surface area contributed by atoms with Gasteiger partial charge in [-0.15, -0.1) is 11.8 Å².